The Kier molecular flexibility index (Phi) is 4.10. The average molecular weight is 294 g/mol. The first-order valence-corrected chi connectivity index (χ1v) is 7.23. The lowest BCUT2D eigenvalue weighted by Gasteiger charge is -2.12. The van der Waals surface area contributed by atoms with Crippen molar-refractivity contribution in [2.75, 3.05) is 19.0 Å². The third-order valence-electron chi connectivity index (χ3n) is 3.40. The molecule has 1 aromatic heterocycles. The Balaban J connectivity index is 1.99. The van der Waals surface area contributed by atoms with Crippen molar-refractivity contribution in [3.05, 3.63) is 54.7 Å². The molecule has 0 amide bonds. The van der Waals surface area contributed by atoms with E-state index in [1.54, 1.807) is 13.3 Å². The van der Waals surface area contributed by atoms with Crippen molar-refractivity contribution >= 4 is 22.1 Å². The second-order valence-electron chi connectivity index (χ2n) is 4.81. The SMILES string of the molecule is CCOc1nccc2ccc(Nc3ccccc3OC)cc12. The van der Waals surface area contributed by atoms with E-state index in [1.165, 1.54) is 0 Å². The maximum Gasteiger partial charge on any atom is 0.221 e. The predicted molar refractivity (Wildman–Crippen MR) is 89.2 cm³/mol. The van der Waals surface area contributed by atoms with E-state index in [9.17, 15) is 0 Å². The van der Waals surface area contributed by atoms with Crippen LogP contribution in [0.3, 0.4) is 0 Å². The fourth-order valence-corrected chi connectivity index (χ4v) is 2.37. The van der Waals surface area contributed by atoms with Crippen LogP contribution in [-0.4, -0.2) is 18.7 Å². The molecule has 4 heteroatoms. The number of aromatic nitrogens is 1. The van der Waals surface area contributed by atoms with Crippen molar-refractivity contribution in [2.45, 2.75) is 6.92 Å². The number of nitrogens with one attached hydrogen (secondary N) is 1. The molecule has 3 rings (SSSR count). The Bertz CT molecular complexity index is 787. The van der Waals surface area contributed by atoms with Crippen LogP contribution < -0.4 is 14.8 Å². The van der Waals surface area contributed by atoms with E-state index in [0.717, 1.165) is 27.9 Å². The molecule has 0 saturated heterocycles. The minimum absolute atomic E-state index is 0.594. The smallest absolute Gasteiger partial charge is 0.221 e. The maximum absolute atomic E-state index is 5.61. The van der Waals surface area contributed by atoms with Crippen LogP contribution in [0.25, 0.3) is 10.8 Å². The molecular formula is C18H18N2O2. The molecular weight excluding hydrogens is 276 g/mol. The second-order valence-corrected chi connectivity index (χ2v) is 4.81. The Morgan fingerprint density at radius 1 is 1.09 bits per heavy atom. The lowest BCUT2D eigenvalue weighted by molar-refractivity contribution is 0.331. The van der Waals surface area contributed by atoms with Gasteiger partial charge in [0.05, 0.1) is 19.4 Å². The van der Waals surface area contributed by atoms with E-state index in [2.05, 4.69) is 16.4 Å². The van der Waals surface area contributed by atoms with Crippen LogP contribution in [0.15, 0.2) is 54.7 Å². The molecule has 0 aliphatic heterocycles. The van der Waals surface area contributed by atoms with Crippen molar-refractivity contribution in [1.82, 2.24) is 4.98 Å². The number of hydrogen-bond donors (Lipinski definition) is 1. The molecule has 3 aromatic rings. The highest BCUT2D eigenvalue weighted by Gasteiger charge is 2.06. The number of rotatable bonds is 5. The van der Waals surface area contributed by atoms with Gasteiger partial charge in [0.15, 0.2) is 0 Å². The molecule has 2 aromatic carbocycles. The predicted octanol–water partition coefficient (Wildman–Crippen LogP) is 4.39. The molecule has 1 N–H and O–H groups in total. The van der Waals surface area contributed by atoms with Gasteiger partial charge in [0.25, 0.3) is 0 Å². The first-order valence-electron chi connectivity index (χ1n) is 7.23. The van der Waals surface area contributed by atoms with Gasteiger partial charge in [0, 0.05) is 17.3 Å². The Hall–Kier alpha value is -2.75. The van der Waals surface area contributed by atoms with Gasteiger partial charge >= 0.3 is 0 Å². The third kappa shape index (κ3) is 2.81. The standard InChI is InChI=1S/C18H18N2O2/c1-3-22-18-15-12-14(9-8-13(15)10-11-19-18)20-16-6-4-5-7-17(16)21-2/h4-12,20H,3H2,1-2H3. The first-order chi connectivity index (χ1) is 10.8. The van der Waals surface area contributed by atoms with Gasteiger partial charge in [-0.05, 0) is 42.6 Å². The molecule has 0 atom stereocenters. The summed E-state index contributed by atoms with van der Waals surface area (Å²) in [6, 6.07) is 15.9. The zero-order valence-corrected chi connectivity index (χ0v) is 12.7. The van der Waals surface area contributed by atoms with Crippen molar-refractivity contribution in [3.8, 4) is 11.6 Å². The topological polar surface area (TPSA) is 43.4 Å². The summed E-state index contributed by atoms with van der Waals surface area (Å²) in [7, 11) is 1.66. The normalized spacial score (nSPS) is 10.5. The van der Waals surface area contributed by atoms with Crippen molar-refractivity contribution in [1.29, 1.82) is 0 Å². The number of para-hydroxylation sites is 2. The van der Waals surface area contributed by atoms with Crippen molar-refractivity contribution in [3.63, 3.8) is 0 Å². The van der Waals surface area contributed by atoms with Gasteiger partial charge in [-0.15, -0.1) is 0 Å². The zero-order valence-electron chi connectivity index (χ0n) is 12.7. The van der Waals surface area contributed by atoms with Gasteiger partial charge in [-0.3, -0.25) is 0 Å². The summed E-state index contributed by atoms with van der Waals surface area (Å²) in [5, 5.41) is 5.47. The van der Waals surface area contributed by atoms with E-state index in [4.69, 9.17) is 9.47 Å². The Morgan fingerprint density at radius 3 is 2.77 bits per heavy atom. The number of pyridine rings is 1. The maximum atomic E-state index is 5.61. The van der Waals surface area contributed by atoms with Gasteiger partial charge < -0.3 is 14.8 Å². The summed E-state index contributed by atoms with van der Waals surface area (Å²) in [5.74, 6) is 1.46. The van der Waals surface area contributed by atoms with Crippen LogP contribution in [0.1, 0.15) is 6.92 Å². The molecule has 1 heterocycles. The van der Waals surface area contributed by atoms with Gasteiger partial charge in [0.1, 0.15) is 5.75 Å². The van der Waals surface area contributed by atoms with E-state index >= 15 is 0 Å². The number of fused-ring (bicyclic) bond motifs is 1. The summed E-state index contributed by atoms with van der Waals surface area (Å²) in [6.07, 6.45) is 1.76. The fourth-order valence-electron chi connectivity index (χ4n) is 2.37. The van der Waals surface area contributed by atoms with Crippen LogP contribution in [-0.2, 0) is 0 Å². The second kappa shape index (κ2) is 6.35. The highest BCUT2D eigenvalue weighted by molar-refractivity contribution is 5.90. The quantitative estimate of drug-likeness (QED) is 0.758. The summed E-state index contributed by atoms with van der Waals surface area (Å²) in [5.41, 5.74) is 1.89. The Labute approximate surface area is 129 Å². The zero-order chi connectivity index (χ0) is 15.4. The van der Waals surface area contributed by atoms with Crippen LogP contribution >= 0.6 is 0 Å². The lowest BCUT2D eigenvalue weighted by Crippen LogP contribution is -1.97. The van der Waals surface area contributed by atoms with Crippen LogP contribution in [0.2, 0.25) is 0 Å². The van der Waals surface area contributed by atoms with Crippen LogP contribution in [0.4, 0.5) is 11.4 Å². The summed E-state index contributed by atoms with van der Waals surface area (Å²) >= 11 is 0. The summed E-state index contributed by atoms with van der Waals surface area (Å²) < 4.78 is 11.0. The van der Waals surface area contributed by atoms with Crippen LogP contribution in [0, 0.1) is 0 Å². The van der Waals surface area contributed by atoms with E-state index in [0.29, 0.717) is 12.5 Å². The molecule has 0 aliphatic carbocycles. The number of anilines is 2. The van der Waals surface area contributed by atoms with Gasteiger partial charge in [-0.25, -0.2) is 4.98 Å². The molecule has 0 spiro atoms. The molecule has 0 radical (unpaired) electrons. The van der Waals surface area contributed by atoms with Crippen LogP contribution in [0.5, 0.6) is 11.6 Å². The number of nitrogens with zero attached hydrogens (tertiary/aromatic N) is 1. The Morgan fingerprint density at radius 2 is 1.95 bits per heavy atom. The highest BCUT2D eigenvalue weighted by Crippen LogP contribution is 2.30. The van der Waals surface area contributed by atoms with Gasteiger partial charge in [-0.1, -0.05) is 18.2 Å². The average Bonchev–Trinajstić information content (AvgIpc) is 2.56. The minimum Gasteiger partial charge on any atom is -0.495 e. The first kappa shape index (κ1) is 14.2. The minimum atomic E-state index is 0.594. The van der Waals surface area contributed by atoms with E-state index in [-0.39, 0.29) is 0 Å². The van der Waals surface area contributed by atoms with Gasteiger partial charge in [-0.2, -0.15) is 0 Å². The number of methoxy groups -OCH3 is 1. The molecule has 0 fully saturated rings. The molecule has 0 unspecified atom stereocenters. The van der Waals surface area contributed by atoms with Crippen molar-refractivity contribution < 1.29 is 9.47 Å². The summed E-state index contributed by atoms with van der Waals surface area (Å²) in [4.78, 5) is 4.30. The molecule has 0 bridgehead atoms. The largest absolute Gasteiger partial charge is 0.495 e. The molecule has 4 nitrogen and oxygen atoms in total. The highest BCUT2D eigenvalue weighted by atomic mass is 16.5. The van der Waals surface area contributed by atoms with E-state index in [1.807, 2.05) is 49.4 Å². The molecule has 112 valence electrons. The summed E-state index contributed by atoms with van der Waals surface area (Å²) in [6.45, 7) is 2.55. The monoisotopic (exact) mass is 294 g/mol. The number of ether oxygens (including phenoxy) is 2. The molecule has 0 aliphatic rings. The number of benzene rings is 2. The lowest BCUT2D eigenvalue weighted by atomic mass is 10.1. The molecule has 0 saturated carbocycles. The molecule has 22 heavy (non-hydrogen) atoms. The van der Waals surface area contributed by atoms with Gasteiger partial charge in [0.2, 0.25) is 5.88 Å². The van der Waals surface area contributed by atoms with E-state index < -0.39 is 0 Å². The fraction of sp³-hybridized carbons (Fsp3) is 0.167. The van der Waals surface area contributed by atoms with Crippen molar-refractivity contribution in [2.24, 2.45) is 0 Å². The third-order valence-corrected chi connectivity index (χ3v) is 3.40. The number of hydrogen-bond acceptors (Lipinski definition) is 4.